The molecule has 0 unspecified atom stereocenters. The van der Waals surface area contributed by atoms with E-state index in [0.29, 0.717) is 5.56 Å². The second-order valence-corrected chi connectivity index (χ2v) is 4.79. The van der Waals surface area contributed by atoms with Gasteiger partial charge in [0, 0.05) is 12.8 Å². The van der Waals surface area contributed by atoms with Crippen LogP contribution in [0.3, 0.4) is 0 Å². The summed E-state index contributed by atoms with van der Waals surface area (Å²) in [5.74, 6) is -1.74. The number of amides is 2. The fourth-order valence-corrected chi connectivity index (χ4v) is 2.23. The summed E-state index contributed by atoms with van der Waals surface area (Å²) in [6.45, 7) is 4.08. The highest BCUT2D eigenvalue weighted by atomic mass is 19.1. The maximum Gasteiger partial charge on any atom is 0.319 e. The Morgan fingerprint density at radius 1 is 1.32 bits per heavy atom. The van der Waals surface area contributed by atoms with Crippen LogP contribution in [0.1, 0.15) is 11.6 Å². The Bertz CT molecular complexity index is 573. The van der Waals surface area contributed by atoms with Gasteiger partial charge in [-0.3, -0.25) is 4.79 Å². The summed E-state index contributed by atoms with van der Waals surface area (Å²) >= 11 is 0. The van der Waals surface area contributed by atoms with Crippen LogP contribution in [0.5, 0.6) is 0 Å². The third kappa shape index (κ3) is 3.62. The second kappa shape index (κ2) is 7.04. The van der Waals surface area contributed by atoms with E-state index in [-0.39, 0.29) is 18.9 Å². The summed E-state index contributed by atoms with van der Waals surface area (Å²) in [5.41, 5.74) is 0.826. The first kappa shape index (κ1) is 16.0. The van der Waals surface area contributed by atoms with E-state index >= 15 is 0 Å². The molecule has 7 heteroatoms. The molecule has 2 rings (SSSR count). The molecule has 2 N–H and O–H groups in total. The topological polar surface area (TPSA) is 76.7 Å². The number of hydrogen-bond acceptors (Lipinski definition) is 4. The quantitative estimate of drug-likeness (QED) is 0.638. The van der Waals surface area contributed by atoms with E-state index in [1.807, 2.05) is 0 Å². The number of halogens is 1. The molecule has 22 heavy (non-hydrogen) atoms. The van der Waals surface area contributed by atoms with Crippen molar-refractivity contribution in [2.24, 2.45) is 5.92 Å². The molecule has 1 heterocycles. The molecule has 1 fully saturated rings. The van der Waals surface area contributed by atoms with Crippen molar-refractivity contribution in [1.29, 1.82) is 0 Å². The van der Waals surface area contributed by atoms with Crippen LogP contribution < -0.4 is 10.6 Å². The molecular weight excluding hydrogens is 291 g/mol. The Labute approximate surface area is 127 Å². The van der Waals surface area contributed by atoms with Crippen molar-refractivity contribution in [2.45, 2.75) is 6.04 Å². The zero-order valence-corrected chi connectivity index (χ0v) is 12.1. The number of esters is 1. The predicted molar refractivity (Wildman–Crippen MR) is 76.3 cm³/mol. The van der Waals surface area contributed by atoms with E-state index < -0.39 is 29.8 Å². The molecule has 0 aliphatic carbocycles. The van der Waals surface area contributed by atoms with E-state index in [0.717, 1.165) is 0 Å². The number of benzene rings is 1. The molecule has 1 aliphatic heterocycles. The van der Waals surface area contributed by atoms with Crippen molar-refractivity contribution in [2.75, 3.05) is 20.3 Å². The molecule has 1 aromatic rings. The lowest BCUT2D eigenvalue weighted by molar-refractivity contribution is -0.149. The van der Waals surface area contributed by atoms with Crippen LogP contribution in [0.25, 0.3) is 0 Å². The monoisotopic (exact) mass is 308 g/mol. The van der Waals surface area contributed by atoms with Crippen LogP contribution in [0, 0.1) is 11.7 Å². The molecule has 2 atom stereocenters. The second-order valence-electron chi connectivity index (χ2n) is 4.79. The number of carbonyl (C=O) groups is 2. The van der Waals surface area contributed by atoms with Crippen molar-refractivity contribution in [1.82, 2.24) is 10.6 Å². The van der Waals surface area contributed by atoms with Gasteiger partial charge in [0.1, 0.15) is 18.3 Å². The lowest BCUT2D eigenvalue weighted by atomic mass is 9.89. The first-order valence-corrected chi connectivity index (χ1v) is 6.70. The first-order chi connectivity index (χ1) is 10.5. The molecule has 118 valence electrons. The fourth-order valence-electron chi connectivity index (χ4n) is 2.23. The Hall–Kier alpha value is -2.41. The number of hydrogen-bond donors (Lipinski definition) is 2. The normalized spacial score (nSPS) is 21.0. The van der Waals surface area contributed by atoms with Gasteiger partial charge in [0.25, 0.3) is 0 Å². The Morgan fingerprint density at radius 2 is 2.00 bits per heavy atom. The minimum absolute atomic E-state index is 0.100. The minimum atomic E-state index is -0.806. The smallest absolute Gasteiger partial charge is 0.319 e. The number of urea groups is 1. The van der Waals surface area contributed by atoms with Gasteiger partial charge in [-0.25, -0.2) is 9.18 Å². The van der Waals surface area contributed by atoms with E-state index in [4.69, 9.17) is 9.47 Å². The fraction of sp³-hybridized carbons (Fsp3) is 0.333. The van der Waals surface area contributed by atoms with Crippen molar-refractivity contribution in [3.05, 3.63) is 47.9 Å². The minimum Gasteiger partial charge on any atom is -0.463 e. The molecule has 1 saturated heterocycles. The number of rotatable bonds is 5. The average molecular weight is 308 g/mol. The van der Waals surface area contributed by atoms with Crippen LogP contribution in [0.4, 0.5) is 9.18 Å². The summed E-state index contributed by atoms with van der Waals surface area (Å²) < 4.78 is 23.0. The van der Waals surface area contributed by atoms with Crippen LogP contribution in [-0.2, 0) is 14.3 Å². The van der Waals surface area contributed by atoms with Gasteiger partial charge >= 0.3 is 12.0 Å². The average Bonchev–Trinajstić information content (AvgIpc) is 2.47. The Kier molecular flexibility index (Phi) is 5.11. The zero-order chi connectivity index (χ0) is 16.1. The van der Waals surface area contributed by atoms with Gasteiger partial charge in [-0.05, 0) is 17.7 Å². The van der Waals surface area contributed by atoms with Gasteiger partial charge in [-0.2, -0.15) is 0 Å². The summed E-state index contributed by atoms with van der Waals surface area (Å²) in [5, 5.41) is 5.10. The largest absolute Gasteiger partial charge is 0.463 e. The number of nitrogens with one attached hydrogen (secondary N) is 2. The Morgan fingerprint density at radius 3 is 2.64 bits per heavy atom. The van der Waals surface area contributed by atoms with Gasteiger partial charge in [0.15, 0.2) is 0 Å². The molecule has 2 amide bonds. The summed E-state index contributed by atoms with van der Waals surface area (Å²) in [7, 11) is 1.50. The zero-order valence-electron chi connectivity index (χ0n) is 12.1. The van der Waals surface area contributed by atoms with E-state index in [2.05, 4.69) is 17.2 Å². The van der Waals surface area contributed by atoms with Gasteiger partial charge in [-0.1, -0.05) is 18.7 Å². The third-order valence-corrected chi connectivity index (χ3v) is 3.28. The van der Waals surface area contributed by atoms with Crippen molar-refractivity contribution in [3.63, 3.8) is 0 Å². The molecule has 0 saturated carbocycles. The molecule has 0 radical (unpaired) electrons. The summed E-state index contributed by atoms with van der Waals surface area (Å²) in [6.07, 6.45) is 0. The highest BCUT2D eigenvalue weighted by Crippen LogP contribution is 2.30. The predicted octanol–water partition coefficient (Wildman–Crippen LogP) is 1.50. The van der Waals surface area contributed by atoms with Gasteiger partial charge in [0.2, 0.25) is 0 Å². The molecular formula is C15H17FN2O4. The molecule has 1 aliphatic rings. The van der Waals surface area contributed by atoms with Gasteiger partial charge in [0.05, 0.1) is 12.6 Å². The standard InChI is InChI=1S/C15H17FN2O4/c1-9-12(14(19)22-8-7-21-2)13(18-15(20)17-9)10-3-5-11(16)6-4-10/h3-6,12-13H,1,7-8H2,2H3,(H2,17,18,20)/t12-,13+/m0/s1. The highest BCUT2D eigenvalue weighted by molar-refractivity contribution is 5.85. The first-order valence-electron chi connectivity index (χ1n) is 6.70. The summed E-state index contributed by atoms with van der Waals surface area (Å²) in [6, 6.07) is 4.40. The number of carbonyl (C=O) groups excluding carboxylic acids is 2. The SMILES string of the molecule is C=C1NC(=O)N[C@H](c2ccc(F)cc2)[C@H]1C(=O)OCCOC. The van der Waals surface area contributed by atoms with E-state index in [1.54, 1.807) is 0 Å². The lowest BCUT2D eigenvalue weighted by Gasteiger charge is -2.33. The van der Waals surface area contributed by atoms with Crippen LogP contribution in [-0.4, -0.2) is 32.3 Å². The lowest BCUT2D eigenvalue weighted by Crippen LogP contribution is -2.51. The van der Waals surface area contributed by atoms with E-state index in [1.165, 1.54) is 31.4 Å². The molecule has 1 aromatic carbocycles. The van der Waals surface area contributed by atoms with Gasteiger partial charge < -0.3 is 20.1 Å². The van der Waals surface area contributed by atoms with E-state index in [9.17, 15) is 14.0 Å². The Balaban J connectivity index is 2.21. The van der Waals surface area contributed by atoms with Gasteiger partial charge in [-0.15, -0.1) is 0 Å². The maximum absolute atomic E-state index is 13.0. The number of ether oxygens (including phenoxy) is 2. The van der Waals surface area contributed by atoms with Crippen molar-refractivity contribution < 1.29 is 23.5 Å². The van der Waals surface area contributed by atoms with Crippen molar-refractivity contribution in [3.8, 4) is 0 Å². The van der Waals surface area contributed by atoms with Crippen LogP contribution >= 0.6 is 0 Å². The van der Waals surface area contributed by atoms with Crippen molar-refractivity contribution >= 4 is 12.0 Å². The molecule has 0 bridgehead atoms. The molecule has 6 nitrogen and oxygen atoms in total. The maximum atomic E-state index is 13.0. The third-order valence-electron chi connectivity index (χ3n) is 3.28. The van der Waals surface area contributed by atoms with Crippen LogP contribution in [0.2, 0.25) is 0 Å². The summed E-state index contributed by atoms with van der Waals surface area (Å²) in [4.78, 5) is 23.9. The molecule has 0 aromatic heterocycles. The number of methoxy groups -OCH3 is 1. The van der Waals surface area contributed by atoms with Crippen LogP contribution in [0.15, 0.2) is 36.5 Å². The highest BCUT2D eigenvalue weighted by Gasteiger charge is 2.38. The molecule has 0 spiro atoms.